The van der Waals surface area contributed by atoms with Gasteiger partial charge in [-0.05, 0) is 31.4 Å². The van der Waals surface area contributed by atoms with Crippen molar-refractivity contribution in [3.8, 4) is 5.75 Å². The summed E-state index contributed by atoms with van der Waals surface area (Å²) in [4.78, 5) is 23.8. The molecule has 27 heavy (non-hydrogen) atoms. The maximum Gasteiger partial charge on any atom is 0.261 e. The molecule has 1 aromatic carbocycles. The molecule has 142 valence electrons. The number of hydrogen-bond donors (Lipinski definition) is 1. The molecule has 1 atom stereocenters. The highest BCUT2D eigenvalue weighted by Crippen LogP contribution is 2.27. The van der Waals surface area contributed by atoms with Crippen LogP contribution in [-0.2, 0) is 22.5 Å². The van der Waals surface area contributed by atoms with Gasteiger partial charge < -0.3 is 19.7 Å². The smallest absolute Gasteiger partial charge is 0.261 e. The molecule has 1 N–H and O–H groups in total. The third-order valence-electron chi connectivity index (χ3n) is 4.85. The summed E-state index contributed by atoms with van der Waals surface area (Å²) < 4.78 is 11.2. The lowest BCUT2D eigenvalue weighted by Gasteiger charge is -2.28. The van der Waals surface area contributed by atoms with Gasteiger partial charge in [0.1, 0.15) is 17.4 Å². The molecule has 0 aliphatic carbocycles. The molecular weight excluding hydrogens is 344 g/mol. The van der Waals surface area contributed by atoms with Crippen LogP contribution in [0.4, 0.5) is 5.82 Å². The Morgan fingerprint density at radius 3 is 2.93 bits per heavy atom. The van der Waals surface area contributed by atoms with Crippen LogP contribution >= 0.6 is 0 Å². The van der Waals surface area contributed by atoms with E-state index >= 15 is 0 Å². The third kappa shape index (κ3) is 4.19. The van der Waals surface area contributed by atoms with Gasteiger partial charge in [0.05, 0.1) is 19.8 Å². The maximum absolute atomic E-state index is 12.5. The topological polar surface area (TPSA) is 76.6 Å². The van der Waals surface area contributed by atoms with E-state index in [9.17, 15) is 4.79 Å². The van der Waals surface area contributed by atoms with E-state index in [1.54, 1.807) is 0 Å². The highest BCUT2D eigenvalue weighted by Gasteiger charge is 2.26. The van der Waals surface area contributed by atoms with Gasteiger partial charge in [0.25, 0.3) is 5.91 Å². The van der Waals surface area contributed by atoms with E-state index in [0.29, 0.717) is 32.0 Å². The molecule has 0 bridgehead atoms. The largest absolute Gasteiger partial charge is 0.480 e. The van der Waals surface area contributed by atoms with Gasteiger partial charge in [-0.1, -0.05) is 18.2 Å². The molecule has 4 rings (SSSR count). The fourth-order valence-corrected chi connectivity index (χ4v) is 3.43. The first-order valence-electron chi connectivity index (χ1n) is 9.38. The number of para-hydroxylation sites is 1. The zero-order chi connectivity index (χ0) is 18.6. The Kier molecular flexibility index (Phi) is 5.20. The van der Waals surface area contributed by atoms with Gasteiger partial charge >= 0.3 is 0 Å². The standard InChI is InChI=1S/C20H24N4O3/c1-14-12-19(24-8-10-26-11-9-24)23-18(22-14)13-21-20(25)17-7-6-15-4-2-3-5-16(15)27-17/h2-5,12,17H,6-11,13H2,1H3,(H,21,25). The Morgan fingerprint density at radius 2 is 2.07 bits per heavy atom. The summed E-state index contributed by atoms with van der Waals surface area (Å²) >= 11 is 0. The number of rotatable bonds is 4. The molecule has 7 nitrogen and oxygen atoms in total. The molecule has 0 saturated carbocycles. The number of ether oxygens (including phenoxy) is 2. The van der Waals surface area contributed by atoms with Crippen molar-refractivity contribution >= 4 is 11.7 Å². The summed E-state index contributed by atoms with van der Waals surface area (Å²) in [6.07, 6.45) is 1.05. The van der Waals surface area contributed by atoms with Gasteiger partial charge in [-0.3, -0.25) is 4.79 Å². The molecule has 1 aromatic heterocycles. The fraction of sp³-hybridized carbons (Fsp3) is 0.450. The summed E-state index contributed by atoms with van der Waals surface area (Å²) in [5.74, 6) is 2.17. The molecule has 2 aliphatic rings. The number of carbonyl (C=O) groups excluding carboxylic acids is 1. The lowest BCUT2D eigenvalue weighted by atomic mass is 10.0. The predicted molar refractivity (Wildman–Crippen MR) is 101 cm³/mol. The maximum atomic E-state index is 12.5. The Hall–Kier alpha value is -2.67. The highest BCUT2D eigenvalue weighted by atomic mass is 16.5. The summed E-state index contributed by atoms with van der Waals surface area (Å²) in [5.41, 5.74) is 2.04. The zero-order valence-electron chi connectivity index (χ0n) is 15.5. The molecule has 0 spiro atoms. The Balaban J connectivity index is 1.38. The summed E-state index contributed by atoms with van der Waals surface area (Å²) in [6.45, 7) is 5.28. The van der Waals surface area contributed by atoms with Crippen molar-refractivity contribution in [2.45, 2.75) is 32.4 Å². The van der Waals surface area contributed by atoms with Crippen molar-refractivity contribution in [3.05, 3.63) is 47.4 Å². The number of nitrogens with zero attached hydrogens (tertiary/aromatic N) is 3. The number of morpholine rings is 1. The average molecular weight is 368 g/mol. The van der Waals surface area contributed by atoms with E-state index in [1.807, 2.05) is 37.3 Å². The minimum atomic E-state index is -0.469. The SMILES string of the molecule is Cc1cc(N2CCOCC2)nc(CNC(=O)C2CCc3ccccc3O2)n1. The van der Waals surface area contributed by atoms with Crippen molar-refractivity contribution in [2.24, 2.45) is 0 Å². The molecule has 1 unspecified atom stereocenters. The molecule has 2 aliphatic heterocycles. The number of anilines is 1. The molecule has 1 fully saturated rings. The van der Waals surface area contributed by atoms with Crippen LogP contribution in [0.25, 0.3) is 0 Å². The quantitative estimate of drug-likeness (QED) is 0.884. The number of aryl methyl sites for hydroxylation is 2. The predicted octanol–water partition coefficient (Wildman–Crippen LogP) is 1.63. The van der Waals surface area contributed by atoms with E-state index in [2.05, 4.69) is 20.2 Å². The fourth-order valence-electron chi connectivity index (χ4n) is 3.43. The summed E-state index contributed by atoms with van der Waals surface area (Å²) in [5, 5.41) is 2.92. The van der Waals surface area contributed by atoms with Crippen LogP contribution in [0, 0.1) is 6.92 Å². The van der Waals surface area contributed by atoms with Crippen LogP contribution in [0.5, 0.6) is 5.75 Å². The van der Waals surface area contributed by atoms with Gasteiger partial charge in [-0.2, -0.15) is 0 Å². The normalized spacial score (nSPS) is 19.1. The van der Waals surface area contributed by atoms with Gasteiger partial charge in [0.2, 0.25) is 0 Å². The average Bonchev–Trinajstić information content (AvgIpc) is 2.72. The van der Waals surface area contributed by atoms with Crippen LogP contribution in [0.3, 0.4) is 0 Å². The first-order chi connectivity index (χ1) is 13.2. The van der Waals surface area contributed by atoms with Crippen molar-refractivity contribution in [1.29, 1.82) is 0 Å². The van der Waals surface area contributed by atoms with Gasteiger partial charge in [-0.15, -0.1) is 0 Å². The number of carbonyl (C=O) groups is 1. The minimum Gasteiger partial charge on any atom is -0.480 e. The van der Waals surface area contributed by atoms with E-state index in [1.165, 1.54) is 0 Å². The highest BCUT2D eigenvalue weighted by molar-refractivity contribution is 5.81. The lowest BCUT2D eigenvalue weighted by Crippen LogP contribution is -2.40. The number of aromatic nitrogens is 2. The second kappa shape index (κ2) is 7.92. The molecule has 2 aromatic rings. The molecule has 0 radical (unpaired) electrons. The summed E-state index contributed by atoms with van der Waals surface area (Å²) in [7, 11) is 0. The Labute approximate surface area is 158 Å². The summed E-state index contributed by atoms with van der Waals surface area (Å²) in [6, 6.07) is 9.83. The minimum absolute atomic E-state index is 0.123. The van der Waals surface area contributed by atoms with Crippen molar-refractivity contribution in [3.63, 3.8) is 0 Å². The monoisotopic (exact) mass is 368 g/mol. The number of benzene rings is 1. The third-order valence-corrected chi connectivity index (χ3v) is 4.85. The molecule has 3 heterocycles. The second-order valence-corrected chi connectivity index (χ2v) is 6.85. The van der Waals surface area contributed by atoms with Crippen molar-refractivity contribution in [1.82, 2.24) is 15.3 Å². The van der Waals surface area contributed by atoms with Crippen LogP contribution in [0.15, 0.2) is 30.3 Å². The van der Waals surface area contributed by atoms with Crippen LogP contribution < -0.4 is 15.0 Å². The number of amides is 1. The Bertz CT molecular complexity index is 821. The molecular formula is C20H24N4O3. The van der Waals surface area contributed by atoms with Gasteiger partial charge in [0.15, 0.2) is 6.10 Å². The van der Waals surface area contributed by atoms with E-state index in [4.69, 9.17) is 9.47 Å². The first kappa shape index (κ1) is 17.7. The van der Waals surface area contributed by atoms with E-state index in [-0.39, 0.29) is 5.91 Å². The van der Waals surface area contributed by atoms with E-state index < -0.39 is 6.10 Å². The van der Waals surface area contributed by atoms with Crippen molar-refractivity contribution < 1.29 is 14.3 Å². The molecule has 7 heteroatoms. The number of fused-ring (bicyclic) bond motifs is 1. The lowest BCUT2D eigenvalue weighted by molar-refractivity contribution is -0.128. The first-order valence-corrected chi connectivity index (χ1v) is 9.38. The number of nitrogens with one attached hydrogen (secondary N) is 1. The van der Waals surface area contributed by atoms with Gasteiger partial charge in [0, 0.05) is 24.8 Å². The molecule has 1 saturated heterocycles. The Morgan fingerprint density at radius 1 is 1.26 bits per heavy atom. The van der Waals surface area contributed by atoms with Crippen LogP contribution in [0.2, 0.25) is 0 Å². The zero-order valence-corrected chi connectivity index (χ0v) is 15.5. The van der Waals surface area contributed by atoms with Crippen LogP contribution in [0.1, 0.15) is 23.5 Å². The number of hydrogen-bond acceptors (Lipinski definition) is 6. The second-order valence-electron chi connectivity index (χ2n) is 6.85. The van der Waals surface area contributed by atoms with E-state index in [0.717, 1.165) is 42.3 Å². The van der Waals surface area contributed by atoms with Crippen LogP contribution in [-0.4, -0.2) is 48.3 Å². The van der Waals surface area contributed by atoms with Gasteiger partial charge in [-0.25, -0.2) is 9.97 Å². The molecule has 1 amide bonds. The van der Waals surface area contributed by atoms with Crippen molar-refractivity contribution in [2.75, 3.05) is 31.2 Å².